The highest BCUT2D eigenvalue weighted by molar-refractivity contribution is 8.19. The van der Waals surface area contributed by atoms with Crippen molar-refractivity contribution < 1.29 is 9.59 Å². The molecule has 3 nitrogen and oxygen atoms in total. The molecule has 0 aromatic heterocycles. The molecule has 2 aromatic carbocycles. The zero-order chi connectivity index (χ0) is 15.7. The lowest BCUT2D eigenvalue weighted by molar-refractivity contribution is -0.113. The molecule has 0 radical (unpaired) electrons. The minimum absolute atomic E-state index is 0.297. The van der Waals surface area contributed by atoms with Gasteiger partial charge in [0, 0.05) is 5.02 Å². The van der Waals surface area contributed by atoms with Crippen LogP contribution in [0.15, 0.2) is 53.4 Å². The number of benzene rings is 2. The molecule has 0 unspecified atom stereocenters. The monoisotopic (exact) mass is 329 g/mol. The third-order valence-electron chi connectivity index (χ3n) is 3.25. The normalized spacial score (nSPS) is 16.6. The van der Waals surface area contributed by atoms with Crippen LogP contribution in [0.25, 0.3) is 6.08 Å². The van der Waals surface area contributed by atoms with Gasteiger partial charge in [-0.25, -0.2) is 4.90 Å². The van der Waals surface area contributed by atoms with Crippen LogP contribution < -0.4 is 4.90 Å². The second-order valence-corrected chi connectivity index (χ2v) is 6.28. The maximum atomic E-state index is 12.5. The smallest absolute Gasteiger partial charge is 0.268 e. The molecule has 22 heavy (non-hydrogen) atoms. The first-order valence-corrected chi connectivity index (χ1v) is 7.85. The molecule has 1 heterocycles. The second-order valence-electron chi connectivity index (χ2n) is 4.88. The summed E-state index contributed by atoms with van der Waals surface area (Å²) in [5.74, 6) is -0.319. The van der Waals surface area contributed by atoms with Crippen LogP contribution in [0.2, 0.25) is 5.02 Å². The van der Waals surface area contributed by atoms with Gasteiger partial charge < -0.3 is 0 Å². The van der Waals surface area contributed by atoms with Crippen molar-refractivity contribution in [3.63, 3.8) is 0 Å². The van der Waals surface area contributed by atoms with E-state index in [-0.39, 0.29) is 11.1 Å². The molecule has 0 aliphatic carbocycles. The van der Waals surface area contributed by atoms with Crippen molar-refractivity contribution in [1.82, 2.24) is 0 Å². The van der Waals surface area contributed by atoms with Crippen molar-refractivity contribution in [2.75, 3.05) is 4.90 Å². The quantitative estimate of drug-likeness (QED) is 0.736. The first-order chi connectivity index (χ1) is 10.6. The van der Waals surface area contributed by atoms with Crippen molar-refractivity contribution >= 4 is 46.3 Å². The van der Waals surface area contributed by atoms with E-state index in [0.29, 0.717) is 15.6 Å². The molecule has 0 atom stereocenters. The predicted molar refractivity (Wildman–Crippen MR) is 91.1 cm³/mol. The summed E-state index contributed by atoms with van der Waals surface area (Å²) >= 11 is 7.02. The maximum Gasteiger partial charge on any atom is 0.298 e. The third-order valence-corrected chi connectivity index (χ3v) is 4.46. The number of hydrogen-bond donors (Lipinski definition) is 0. The summed E-state index contributed by atoms with van der Waals surface area (Å²) in [4.78, 5) is 26.3. The lowest BCUT2D eigenvalue weighted by Crippen LogP contribution is -2.27. The number of nitrogens with zero attached hydrogens (tertiary/aromatic N) is 1. The van der Waals surface area contributed by atoms with Crippen LogP contribution in [-0.4, -0.2) is 11.1 Å². The standard InChI is InChI=1S/C17H12ClNO2S/c1-11-5-4-7-13(9-11)19-16(20)15(22-17(19)21)10-12-6-2-3-8-14(12)18/h2-10H,1H3/b15-10+. The van der Waals surface area contributed by atoms with Crippen molar-refractivity contribution in [2.45, 2.75) is 6.92 Å². The predicted octanol–water partition coefficient (Wildman–Crippen LogP) is 4.89. The summed E-state index contributed by atoms with van der Waals surface area (Å²) in [7, 11) is 0. The average Bonchev–Trinajstić information content (AvgIpc) is 2.76. The fourth-order valence-corrected chi connectivity index (χ4v) is 3.21. The van der Waals surface area contributed by atoms with Crippen LogP contribution in [0, 0.1) is 6.92 Å². The Labute approximate surface area is 137 Å². The highest BCUT2D eigenvalue weighted by atomic mass is 35.5. The highest BCUT2D eigenvalue weighted by Gasteiger charge is 2.36. The van der Waals surface area contributed by atoms with Gasteiger partial charge in [0.1, 0.15) is 0 Å². The Morgan fingerprint density at radius 3 is 2.59 bits per heavy atom. The van der Waals surface area contributed by atoms with Crippen LogP contribution in [-0.2, 0) is 4.79 Å². The number of halogens is 1. The Balaban J connectivity index is 1.97. The van der Waals surface area contributed by atoms with Crippen molar-refractivity contribution in [2.24, 2.45) is 0 Å². The molecule has 0 N–H and O–H groups in total. The minimum Gasteiger partial charge on any atom is -0.268 e. The molecular formula is C17H12ClNO2S. The van der Waals surface area contributed by atoms with E-state index in [1.807, 2.05) is 43.3 Å². The van der Waals surface area contributed by atoms with E-state index in [1.54, 1.807) is 18.2 Å². The highest BCUT2D eigenvalue weighted by Crippen LogP contribution is 2.36. The summed E-state index contributed by atoms with van der Waals surface area (Å²) in [6.45, 7) is 1.92. The SMILES string of the molecule is Cc1cccc(N2C(=O)S/C(=C/c3ccccc3Cl)C2=O)c1. The van der Waals surface area contributed by atoms with Gasteiger partial charge in [-0.15, -0.1) is 0 Å². The zero-order valence-electron chi connectivity index (χ0n) is 11.7. The van der Waals surface area contributed by atoms with Gasteiger partial charge in [0.05, 0.1) is 10.6 Å². The molecule has 110 valence electrons. The number of amides is 2. The Bertz CT molecular complexity index is 801. The van der Waals surface area contributed by atoms with E-state index in [9.17, 15) is 9.59 Å². The minimum atomic E-state index is -0.319. The number of carbonyl (C=O) groups excluding carboxylic acids is 2. The summed E-state index contributed by atoms with van der Waals surface area (Å²) in [6, 6.07) is 14.5. The Kier molecular flexibility index (Phi) is 4.05. The Morgan fingerprint density at radius 1 is 1.09 bits per heavy atom. The number of rotatable bonds is 2. The topological polar surface area (TPSA) is 37.4 Å². The lowest BCUT2D eigenvalue weighted by Gasteiger charge is -2.12. The number of carbonyl (C=O) groups is 2. The second kappa shape index (κ2) is 5.99. The number of aryl methyl sites for hydroxylation is 1. The Morgan fingerprint density at radius 2 is 1.86 bits per heavy atom. The zero-order valence-corrected chi connectivity index (χ0v) is 13.3. The van der Waals surface area contributed by atoms with Crippen LogP contribution in [0.1, 0.15) is 11.1 Å². The van der Waals surface area contributed by atoms with Crippen LogP contribution in [0.4, 0.5) is 10.5 Å². The molecule has 0 bridgehead atoms. The van der Waals surface area contributed by atoms with Gasteiger partial charge in [0.2, 0.25) is 0 Å². The first-order valence-electron chi connectivity index (χ1n) is 6.65. The summed E-state index contributed by atoms with van der Waals surface area (Å²) < 4.78 is 0. The van der Waals surface area contributed by atoms with Gasteiger partial charge in [-0.05, 0) is 54.1 Å². The van der Waals surface area contributed by atoms with E-state index in [1.165, 1.54) is 4.90 Å². The summed E-state index contributed by atoms with van der Waals surface area (Å²) in [6.07, 6.45) is 1.66. The fourth-order valence-electron chi connectivity index (χ4n) is 2.19. The van der Waals surface area contributed by atoms with E-state index in [4.69, 9.17) is 11.6 Å². The molecule has 1 fully saturated rings. The summed E-state index contributed by atoms with van der Waals surface area (Å²) in [5.41, 5.74) is 2.30. The third kappa shape index (κ3) is 2.80. The van der Waals surface area contributed by atoms with E-state index < -0.39 is 0 Å². The van der Waals surface area contributed by atoms with Crippen LogP contribution in [0.5, 0.6) is 0 Å². The molecular weight excluding hydrogens is 318 g/mol. The van der Waals surface area contributed by atoms with Gasteiger partial charge in [-0.3, -0.25) is 9.59 Å². The van der Waals surface area contributed by atoms with E-state index >= 15 is 0 Å². The van der Waals surface area contributed by atoms with E-state index in [0.717, 1.165) is 22.9 Å². The van der Waals surface area contributed by atoms with Gasteiger partial charge in [-0.1, -0.05) is 41.9 Å². The summed E-state index contributed by atoms with van der Waals surface area (Å²) in [5, 5.41) is 0.249. The molecule has 3 rings (SSSR count). The van der Waals surface area contributed by atoms with Gasteiger partial charge in [-0.2, -0.15) is 0 Å². The van der Waals surface area contributed by atoms with E-state index in [2.05, 4.69) is 0 Å². The molecule has 2 amide bonds. The van der Waals surface area contributed by atoms with Gasteiger partial charge >= 0.3 is 0 Å². The average molecular weight is 330 g/mol. The number of anilines is 1. The number of thioether (sulfide) groups is 1. The molecule has 1 saturated heterocycles. The van der Waals surface area contributed by atoms with Gasteiger partial charge in [0.25, 0.3) is 11.1 Å². The number of imide groups is 1. The molecule has 1 aliphatic heterocycles. The molecule has 0 saturated carbocycles. The first kappa shape index (κ1) is 14.9. The van der Waals surface area contributed by atoms with Crippen molar-refractivity contribution in [3.8, 4) is 0 Å². The maximum absolute atomic E-state index is 12.5. The van der Waals surface area contributed by atoms with Crippen molar-refractivity contribution in [1.29, 1.82) is 0 Å². The van der Waals surface area contributed by atoms with Crippen LogP contribution in [0.3, 0.4) is 0 Å². The Hall–Kier alpha value is -2.04. The fraction of sp³-hybridized carbons (Fsp3) is 0.0588. The largest absolute Gasteiger partial charge is 0.298 e. The molecule has 1 aliphatic rings. The van der Waals surface area contributed by atoms with Crippen molar-refractivity contribution in [3.05, 3.63) is 69.6 Å². The van der Waals surface area contributed by atoms with Gasteiger partial charge in [0.15, 0.2) is 0 Å². The lowest BCUT2D eigenvalue weighted by atomic mass is 10.2. The molecule has 0 spiro atoms. The number of hydrogen-bond acceptors (Lipinski definition) is 3. The molecule has 2 aromatic rings. The van der Waals surface area contributed by atoms with Crippen LogP contribution >= 0.6 is 23.4 Å². The molecule has 5 heteroatoms.